The van der Waals surface area contributed by atoms with Crippen LogP contribution >= 0.6 is 0 Å². The van der Waals surface area contributed by atoms with E-state index in [-0.39, 0.29) is 18.7 Å². The van der Waals surface area contributed by atoms with Crippen molar-refractivity contribution in [3.05, 3.63) is 30.1 Å². The number of piperazine rings is 1. The fourth-order valence-electron chi connectivity index (χ4n) is 2.23. The molecule has 0 bridgehead atoms. The molecule has 1 atom stereocenters. The number of rotatable bonds is 4. The predicted octanol–water partition coefficient (Wildman–Crippen LogP) is 0.995. The summed E-state index contributed by atoms with van der Waals surface area (Å²) in [6.07, 6.45) is 0.0402. The highest BCUT2D eigenvalue weighted by Crippen LogP contribution is 2.24. The van der Waals surface area contributed by atoms with Crippen molar-refractivity contribution in [2.45, 2.75) is 18.9 Å². The van der Waals surface area contributed by atoms with E-state index >= 15 is 0 Å². The van der Waals surface area contributed by atoms with E-state index in [0.29, 0.717) is 18.8 Å². The third kappa shape index (κ3) is 3.01. The summed E-state index contributed by atoms with van der Waals surface area (Å²) >= 11 is 0. The monoisotopic (exact) mass is 266 g/mol. The smallest absolute Gasteiger partial charge is 0.303 e. The standard InChI is InChI=1S/C13H15FN2O3/c14-9-3-1-2-4-10(9)16-8-7-15-13(19)11(16)5-6-12(17)18/h1-4,11H,5-8H2,(H,15,19)(H,17,18). The van der Waals surface area contributed by atoms with Gasteiger partial charge in [-0.1, -0.05) is 12.1 Å². The number of nitrogens with zero attached hydrogens (tertiary/aromatic N) is 1. The van der Waals surface area contributed by atoms with E-state index in [0.717, 1.165) is 0 Å². The maximum atomic E-state index is 13.8. The fourth-order valence-corrected chi connectivity index (χ4v) is 2.23. The van der Waals surface area contributed by atoms with E-state index < -0.39 is 17.8 Å². The van der Waals surface area contributed by atoms with Crippen LogP contribution in [0.4, 0.5) is 10.1 Å². The summed E-state index contributed by atoms with van der Waals surface area (Å²) in [5.41, 5.74) is 0.340. The second kappa shape index (κ2) is 5.69. The molecular formula is C13H15FN2O3. The van der Waals surface area contributed by atoms with Crippen LogP contribution in [-0.4, -0.2) is 36.1 Å². The summed E-state index contributed by atoms with van der Waals surface area (Å²) in [4.78, 5) is 24.1. The molecule has 0 aliphatic carbocycles. The molecule has 1 aliphatic rings. The average Bonchev–Trinajstić information content (AvgIpc) is 2.37. The number of hydrogen-bond donors (Lipinski definition) is 2. The molecule has 0 aromatic heterocycles. The van der Waals surface area contributed by atoms with Gasteiger partial charge in [-0.25, -0.2) is 4.39 Å². The number of carboxylic acid groups (broad SMARTS) is 1. The van der Waals surface area contributed by atoms with Gasteiger partial charge in [0.2, 0.25) is 5.91 Å². The molecule has 1 saturated heterocycles. The highest BCUT2D eigenvalue weighted by atomic mass is 19.1. The zero-order chi connectivity index (χ0) is 13.8. The molecule has 1 unspecified atom stereocenters. The number of para-hydroxylation sites is 1. The Morgan fingerprint density at radius 1 is 1.47 bits per heavy atom. The molecule has 0 saturated carbocycles. The van der Waals surface area contributed by atoms with Gasteiger partial charge in [0.05, 0.1) is 5.69 Å². The molecule has 1 fully saturated rings. The van der Waals surface area contributed by atoms with Crippen LogP contribution < -0.4 is 10.2 Å². The lowest BCUT2D eigenvalue weighted by Gasteiger charge is -2.36. The molecule has 1 heterocycles. The highest BCUT2D eigenvalue weighted by molar-refractivity contribution is 5.87. The van der Waals surface area contributed by atoms with Crippen LogP contribution in [0.1, 0.15) is 12.8 Å². The van der Waals surface area contributed by atoms with Crippen molar-refractivity contribution in [1.82, 2.24) is 5.32 Å². The number of nitrogens with one attached hydrogen (secondary N) is 1. The average molecular weight is 266 g/mol. The van der Waals surface area contributed by atoms with Gasteiger partial charge in [-0.15, -0.1) is 0 Å². The molecule has 1 aromatic rings. The van der Waals surface area contributed by atoms with Crippen molar-refractivity contribution in [3.63, 3.8) is 0 Å². The molecule has 19 heavy (non-hydrogen) atoms. The van der Waals surface area contributed by atoms with E-state index in [1.54, 1.807) is 23.1 Å². The second-order valence-electron chi connectivity index (χ2n) is 4.38. The Hall–Kier alpha value is -2.11. The van der Waals surface area contributed by atoms with Gasteiger partial charge in [0.25, 0.3) is 0 Å². The normalized spacial score (nSPS) is 19.1. The quantitative estimate of drug-likeness (QED) is 0.853. The summed E-state index contributed by atoms with van der Waals surface area (Å²) in [5, 5.41) is 11.4. The maximum Gasteiger partial charge on any atom is 0.303 e. The SMILES string of the molecule is O=C(O)CCC1C(=O)NCCN1c1ccccc1F. The molecule has 102 valence electrons. The van der Waals surface area contributed by atoms with Gasteiger partial charge in [0.15, 0.2) is 0 Å². The number of carbonyl (C=O) groups excluding carboxylic acids is 1. The van der Waals surface area contributed by atoms with Crippen LogP contribution in [0.25, 0.3) is 0 Å². The number of amides is 1. The number of halogens is 1. The predicted molar refractivity (Wildman–Crippen MR) is 67.4 cm³/mol. The second-order valence-corrected chi connectivity index (χ2v) is 4.38. The summed E-state index contributed by atoms with van der Waals surface area (Å²) in [5.74, 6) is -1.62. The zero-order valence-corrected chi connectivity index (χ0v) is 10.3. The van der Waals surface area contributed by atoms with Crippen molar-refractivity contribution >= 4 is 17.6 Å². The summed E-state index contributed by atoms with van der Waals surface area (Å²) in [6, 6.07) is 5.56. The Balaban J connectivity index is 2.22. The van der Waals surface area contributed by atoms with Gasteiger partial charge in [0, 0.05) is 19.5 Å². The zero-order valence-electron chi connectivity index (χ0n) is 10.3. The largest absolute Gasteiger partial charge is 0.481 e. The molecule has 0 radical (unpaired) electrons. The molecule has 1 aliphatic heterocycles. The topological polar surface area (TPSA) is 69.6 Å². The van der Waals surface area contributed by atoms with Crippen LogP contribution in [0.3, 0.4) is 0 Å². The minimum Gasteiger partial charge on any atom is -0.481 e. The lowest BCUT2D eigenvalue weighted by molar-refractivity contribution is -0.137. The Kier molecular flexibility index (Phi) is 3.99. The molecule has 5 nitrogen and oxygen atoms in total. The van der Waals surface area contributed by atoms with Gasteiger partial charge >= 0.3 is 5.97 Å². The Bertz CT molecular complexity index is 493. The minimum atomic E-state index is -0.966. The Morgan fingerprint density at radius 3 is 2.89 bits per heavy atom. The van der Waals surface area contributed by atoms with E-state index in [4.69, 9.17) is 5.11 Å². The molecule has 0 spiro atoms. The van der Waals surface area contributed by atoms with Crippen molar-refractivity contribution in [2.75, 3.05) is 18.0 Å². The molecular weight excluding hydrogens is 251 g/mol. The number of carboxylic acids is 1. The highest BCUT2D eigenvalue weighted by Gasteiger charge is 2.31. The van der Waals surface area contributed by atoms with E-state index in [2.05, 4.69) is 5.32 Å². The van der Waals surface area contributed by atoms with Crippen molar-refractivity contribution in [1.29, 1.82) is 0 Å². The first-order valence-corrected chi connectivity index (χ1v) is 6.10. The van der Waals surface area contributed by atoms with Crippen molar-refractivity contribution in [2.24, 2.45) is 0 Å². The van der Waals surface area contributed by atoms with Crippen LogP contribution in [0, 0.1) is 5.82 Å². The van der Waals surface area contributed by atoms with E-state index in [9.17, 15) is 14.0 Å². The molecule has 6 heteroatoms. The number of anilines is 1. The van der Waals surface area contributed by atoms with Gasteiger partial charge in [-0.3, -0.25) is 9.59 Å². The van der Waals surface area contributed by atoms with Crippen molar-refractivity contribution < 1.29 is 19.1 Å². The third-order valence-corrected chi connectivity index (χ3v) is 3.12. The first-order chi connectivity index (χ1) is 9.09. The maximum absolute atomic E-state index is 13.8. The lowest BCUT2D eigenvalue weighted by Crippen LogP contribution is -2.55. The van der Waals surface area contributed by atoms with E-state index in [1.165, 1.54) is 6.07 Å². The summed E-state index contributed by atoms with van der Waals surface area (Å²) < 4.78 is 13.8. The first-order valence-electron chi connectivity index (χ1n) is 6.10. The first kappa shape index (κ1) is 13.3. The van der Waals surface area contributed by atoms with Crippen LogP contribution in [0.15, 0.2) is 24.3 Å². The molecule has 2 rings (SSSR count). The number of benzene rings is 1. The van der Waals surface area contributed by atoms with Gasteiger partial charge in [-0.2, -0.15) is 0 Å². The van der Waals surface area contributed by atoms with Crippen LogP contribution in [-0.2, 0) is 9.59 Å². The fraction of sp³-hybridized carbons (Fsp3) is 0.385. The molecule has 2 N–H and O–H groups in total. The summed E-state index contributed by atoms with van der Waals surface area (Å²) in [6.45, 7) is 0.897. The minimum absolute atomic E-state index is 0.122. The summed E-state index contributed by atoms with van der Waals surface area (Å²) in [7, 11) is 0. The van der Waals surface area contributed by atoms with Gasteiger partial charge < -0.3 is 15.3 Å². The van der Waals surface area contributed by atoms with Crippen molar-refractivity contribution in [3.8, 4) is 0 Å². The third-order valence-electron chi connectivity index (χ3n) is 3.12. The number of carbonyl (C=O) groups is 2. The van der Waals surface area contributed by atoms with Crippen LogP contribution in [0.5, 0.6) is 0 Å². The molecule has 1 aromatic carbocycles. The van der Waals surface area contributed by atoms with Gasteiger partial charge in [0.1, 0.15) is 11.9 Å². The molecule has 1 amide bonds. The van der Waals surface area contributed by atoms with E-state index in [1.807, 2.05) is 0 Å². The lowest BCUT2D eigenvalue weighted by atomic mass is 10.1. The Morgan fingerprint density at radius 2 is 2.21 bits per heavy atom. The number of aliphatic carboxylic acids is 1. The van der Waals surface area contributed by atoms with Crippen LogP contribution in [0.2, 0.25) is 0 Å². The Labute approximate surface area is 110 Å². The number of hydrogen-bond acceptors (Lipinski definition) is 3. The van der Waals surface area contributed by atoms with Gasteiger partial charge in [-0.05, 0) is 18.6 Å².